The molecular weight excluding hydrogens is 246 g/mol. The summed E-state index contributed by atoms with van der Waals surface area (Å²) < 4.78 is 1.65. The van der Waals surface area contributed by atoms with Crippen LogP contribution in [0.3, 0.4) is 0 Å². The van der Waals surface area contributed by atoms with Gasteiger partial charge in [-0.05, 0) is 17.9 Å². The summed E-state index contributed by atoms with van der Waals surface area (Å²) in [6.07, 6.45) is 1.29. The lowest BCUT2D eigenvalue weighted by Gasteiger charge is -2.08. The molecule has 6 heteroatoms. The van der Waals surface area contributed by atoms with Crippen LogP contribution >= 0.6 is 22.9 Å². The molecule has 0 bridgehead atoms. The summed E-state index contributed by atoms with van der Waals surface area (Å²) >= 11 is 7.56. The lowest BCUT2D eigenvalue weighted by Crippen LogP contribution is -2.06. The van der Waals surface area contributed by atoms with Gasteiger partial charge in [0.05, 0.1) is 16.0 Å². The molecule has 2 heterocycles. The molecule has 0 aromatic carbocycles. The van der Waals surface area contributed by atoms with Crippen LogP contribution in [0.2, 0.25) is 5.02 Å². The zero-order chi connectivity index (χ0) is 11.7. The molecule has 2 rings (SSSR count). The van der Waals surface area contributed by atoms with Gasteiger partial charge in [-0.3, -0.25) is 4.68 Å². The van der Waals surface area contributed by atoms with E-state index in [1.807, 2.05) is 12.3 Å². The van der Waals surface area contributed by atoms with Crippen molar-refractivity contribution in [1.82, 2.24) is 14.8 Å². The van der Waals surface area contributed by atoms with Gasteiger partial charge in [0.25, 0.3) is 0 Å². The van der Waals surface area contributed by atoms with Gasteiger partial charge in [-0.2, -0.15) is 5.10 Å². The van der Waals surface area contributed by atoms with E-state index < -0.39 is 6.10 Å². The van der Waals surface area contributed by atoms with E-state index in [1.54, 1.807) is 11.7 Å². The first kappa shape index (κ1) is 11.6. The first-order valence-electron chi connectivity index (χ1n) is 4.84. The Morgan fingerprint density at radius 2 is 2.38 bits per heavy atom. The van der Waals surface area contributed by atoms with E-state index in [0.29, 0.717) is 11.4 Å². The Morgan fingerprint density at radius 1 is 1.62 bits per heavy atom. The maximum atomic E-state index is 10.1. The van der Waals surface area contributed by atoms with Gasteiger partial charge in [0, 0.05) is 13.5 Å². The number of rotatable bonds is 3. The van der Waals surface area contributed by atoms with E-state index in [-0.39, 0.29) is 0 Å². The minimum Gasteiger partial charge on any atom is -0.387 e. The summed E-state index contributed by atoms with van der Waals surface area (Å²) in [4.78, 5) is 4.86. The second-order valence-corrected chi connectivity index (χ2v) is 4.91. The van der Waals surface area contributed by atoms with Gasteiger partial charge in [-0.25, -0.2) is 4.98 Å². The predicted molar refractivity (Wildman–Crippen MR) is 63.7 cm³/mol. The van der Waals surface area contributed by atoms with Crippen LogP contribution in [0.4, 0.5) is 0 Å². The molecule has 16 heavy (non-hydrogen) atoms. The number of hydrogen-bond acceptors (Lipinski definition) is 4. The van der Waals surface area contributed by atoms with E-state index in [4.69, 9.17) is 11.6 Å². The number of nitrogens with zero attached hydrogens (tertiary/aromatic N) is 3. The third-order valence-electron chi connectivity index (χ3n) is 2.41. The Morgan fingerprint density at radius 3 is 2.88 bits per heavy atom. The number of aromatic nitrogens is 3. The zero-order valence-electron chi connectivity index (χ0n) is 9.01. The van der Waals surface area contributed by atoms with Crippen molar-refractivity contribution in [2.24, 2.45) is 7.05 Å². The molecule has 0 saturated heterocycles. The van der Waals surface area contributed by atoms with E-state index in [1.165, 1.54) is 17.7 Å². The Kier molecular flexibility index (Phi) is 3.28. The zero-order valence-corrected chi connectivity index (χ0v) is 10.6. The molecule has 2 aromatic heterocycles. The Hall–Kier alpha value is -0.910. The molecule has 1 atom stereocenters. The topological polar surface area (TPSA) is 50.9 Å². The minimum absolute atomic E-state index is 0.427. The summed E-state index contributed by atoms with van der Waals surface area (Å²) in [6, 6.07) is 0. The van der Waals surface area contributed by atoms with Gasteiger partial charge in [-0.1, -0.05) is 11.6 Å². The number of halogens is 1. The molecule has 0 spiro atoms. The lowest BCUT2D eigenvalue weighted by molar-refractivity contribution is 0.178. The van der Waals surface area contributed by atoms with Crippen LogP contribution in [0.5, 0.6) is 0 Å². The Labute approximate surface area is 103 Å². The Balaban J connectivity index is 2.18. The second-order valence-electron chi connectivity index (χ2n) is 3.62. The van der Waals surface area contributed by atoms with Crippen molar-refractivity contribution in [1.29, 1.82) is 0 Å². The number of thiophene rings is 1. The molecule has 4 nitrogen and oxygen atoms in total. The molecule has 0 radical (unpaired) electrons. The first-order chi connectivity index (χ1) is 7.59. The highest BCUT2D eigenvalue weighted by Crippen LogP contribution is 2.33. The van der Waals surface area contributed by atoms with Crippen LogP contribution in [0, 0.1) is 6.92 Å². The first-order valence-corrected chi connectivity index (χ1v) is 6.09. The van der Waals surface area contributed by atoms with Crippen LogP contribution in [-0.4, -0.2) is 19.9 Å². The minimum atomic E-state index is -0.617. The second kappa shape index (κ2) is 4.53. The van der Waals surface area contributed by atoms with Gasteiger partial charge in [0.15, 0.2) is 0 Å². The van der Waals surface area contributed by atoms with Crippen LogP contribution in [0.15, 0.2) is 11.7 Å². The van der Waals surface area contributed by atoms with Crippen molar-refractivity contribution >= 4 is 22.9 Å². The highest BCUT2D eigenvalue weighted by molar-refractivity contribution is 7.10. The molecule has 1 N–H and O–H groups in total. The summed E-state index contributed by atoms with van der Waals surface area (Å²) in [5, 5.41) is 16.6. The molecule has 0 saturated carbocycles. The molecule has 86 valence electrons. The van der Waals surface area contributed by atoms with Crippen molar-refractivity contribution in [2.75, 3.05) is 0 Å². The molecule has 0 fully saturated rings. The van der Waals surface area contributed by atoms with E-state index >= 15 is 0 Å². The molecule has 0 aliphatic carbocycles. The fraction of sp³-hybridized carbons (Fsp3) is 0.400. The average Bonchev–Trinajstić information content (AvgIpc) is 2.77. The van der Waals surface area contributed by atoms with E-state index in [2.05, 4.69) is 10.1 Å². The fourth-order valence-electron chi connectivity index (χ4n) is 1.45. The molecular formula is C10H12ClN3OS. The third-order valence-corrected chi connectivity index (χ3v) is 4.22. The molecule has 0 aliphatic rings. The standard InChI is InChI=1S/C10H12ClN3OS/c1-6-4-16-10(9(6)11)7(15)3-8-12-5-13-14(8)2/h4-5,7,15H,3H2,1-2H3. The van der Waals surface area contributed by atoms with Crippen LogP contribution in [0.1, 0.15) is 22.4 Å². The van der Waals surface area contributed by atoms with Crippen LogP contribution in [0.25, 0.3) is 0 Å². The molecule has 0 aliphatic heterocycles. The number of aryl methyl sites for hydroxylation is 2. The summed E-state index contributed by atoms with van der Waals surface area (Å²) in [7, 11) is 1.80. The smallest absolute Gasteiger partial charge is 0.138 e. The number of aliphatic hydroxyl groups is 1. The molecule has 2 aromatic rings. The lowest BCUT2D eigenvalue weighted by atomic mass is 10.2. The van der Waals surface area contributed by atoms with Gasteiger partial charge in [0.1, 0.15) is 12.2 Å². The SMILES string of the molecule is Cc1csc(C(O)Cc2ncnn2C)c1Cl. The van der Waals surface area contributed by atoms with Crippen molar-refractivity contribution in [3.63, 3.8) is 0 Å². The van der Waals surface area contributed by atoms with Crippen LogP contribution < -0.4 is 0 Å². The highest BCUT2D eigenvalue weighted by atomic mass is 35.5. The van der Waals surface area contributed by atoms with Gasteiger partial charge in [-0.15, -0.1) is 11.3 Å². The predicted octanol–water partition coefficient (Wildman–Crippen LogP) is 2.11. The maximum absolute atomic E-state index is 10.1. The monoisotopic (exact) mass is 257 g/mol. The highest BCUT2D eigenvalue weighted by Gasteiger charge is 2.17. The largest absolute Gasteiger partial charge is 0.387 e. The maximum Gasteiger partial charge on any atom is 0.138 e. The fourth-order valence-corrected chi connectivity index (χ4v) is 2.75. The summed E-state index contributed by atoms with van der Waals surface area (Å²) in [6.45, 7) is 1.93. The number of aliphatic hydroxyl groups excluding tert-OH is 1. The Bertz CT molecular complexity index is 494. The summed E-state index contributed by atoms with van der Waals surface area (Å²) in [5.74, 6) is 0.745. The van der Waals surface area contributed by atoms with Crippen molar-refractivity contribution in [2.45, 2.75) is 19.4 Å². The van der Waals surface area contributed by atoms with Gasteiger partial charge < -0.3 is 5.11 Å². The normalized spacial score (nSPS) is 13.0. The molecule has 0 amide bonds. The van der Waals surface area contributed by atoms with E-state index in [9.17, 15) is 5.11 Å². The third kappa shape index (κ3) is 2.11. The number of hydrogen-bond donors (Lipinski definition) is 1. The van der Waals surface area contributed by atoms with Crippen LogP contribution in [-0.2, 0) is 13.5 Å². The quantitative estimate of drug-likeness (QED) is 0.916. The van der Waals surface area contributed by atoms with E-state index in [0.717, 1.165) is 16.3 Å². The van der Waals surface area contributed by atoms with Gasteiger partial charge >= 0.3 is 0 Å². The average molecular weight is 258 g/mol. The summed E-state index contributed by atoms with van der Waals surface area (Å²) in [5.41, 5.74) is 0.999. The van der Waals surface area contributed by atoms with Crippen molar-refractivity contribution in [3.8, 4) is 0 Å². The molecule has 1 unspecified atom stereocenters. The van der Waals surface area contributed by atoms with Crippen molar-refractivity contribution < 1.29 is 5.11 Å². The van der Waals surface area contributed by atoms with Gasteiger partial charge in [0.2, 0.25) is 0 Å². The van der Waals surface area contributed by atoms with Crippen molar-refractivity contribution in [3.05, 3.63) is 33.0 Å².